The zero-order valence-electron chi connectivity index (χ0n) is 16.8. The number of esters is 1. The zero-order valence-corrected chi connectivity index (χ0v) is 18.4. The number of benzene rings is 2. The minimum atomic E-state index is -0.718. The number of carbonyl (C=O) groups is 1. The number of aromatic hydroxyl groups is 1. The Morgan fingerprint density at radius 2 is 1.97 bits per heavy atom. The summed E-state index contributed by atoms with van der Waals surface area (Å²) >= 11 is 7.50. The lowest BCUT2D eigenvalue weighted by Crippen LogP contribution is -2.39. The minimum absolute atomic E-state index is 0.0910. The summed E-state index contributed by atoms with van der Waals surface area (Å²) in [6.07, 6.45) is 1.73. The van der Waals surface area contributed by atoms with Crippen LogP contribution in [0, 0.1) is 0 Å². The Bertz CT molecular complexity index is 1370. The van der Waals surface area contributed by atoms with Gasteiger partial charge in [-0.25, -0.2) is 9.79 Å². The number of halogens is 1. The number of carbonyl (C=O) groups excluding carboxylic acids is 1. The predicted molar refractivity (Wildman–Crippen MR) is 120 cm³/mol. The van der Waals surface area contributed by atoms with E-state index in [1.807, 2.05) is 18.2 Å². The second-order valence-electron chi connectivity index (χ2n) is 6.92. The molecule has 2 heterocycles. The quantitative estimate of drug-likeness (QED) is 0.614. The fourth-order valence-corrected chi connectivity index (χ4v) is 4.72. The van der Waals surface area contributed by atoms with Gasteiger partial charge < -0.3 is 9.84 Å². The standard InChI is InChI=1S/C23H19ClN2O4S/c1-3-30-22(29)19-13(2)25-23-26(20(19)14-8-10-16(27)11-9-14)21(28)18(31-23)12-15-6-4-5-7-17(15)24/h4-12,20,27H,3H2,1-2H3/b18-12-. The highest BCUT2D eigenvalue weighted by atomic mass is 35.5. The van der Waals surface area contributed by atoms with Gasteiger partial charge in [0.1, 0.15) is 5.75 Å². The maximum atomic E-state index is 13.4. The predicted octanol–water partition coefficient (Wildman–Crippen LogP) is 3.16. The monoisotopic (exact) mass is 454 g/mol. The molecule has 4 rings (SSSR count). The van der Waals surface area contributed by atoms with Crippen molar-refractivity contribution < 1.29 is 14.6 Å². The molecule has 0 radical (unpaired) electrons. The minimum Gasteiger partial charge on any atom is -0.508 e. The van der Waals surface area contributed by atoms with E-state index in [0.717, 1.165) is 5.56 Å². The topological polar surface area (TPSA) is 80.9 Å². The number of hydrogen-bond donors (Lipinski definition) is 1. The van der Waals surface area contributed by atoms with Crippen LogP contribution in [0.3, 0.4) is 0 Å². The van der Waals surface area contributed by atoms with Crippen molar-refractivity contribution in [3.63, 3.8) is 0 Å². The maximum absolute atomic E-state index is 13.4. The maximum Gasteiger partial charge on any atom is 0.338 e. The lowest BCUT2D eigenvalue weighted by molar-refractivity contribution is -0.139. The lowest BCUT2D eigenvalue weighted by atomic mass is 9.96. The fourth-order valence-electron chi connectivity index (χ4n) is 3.50. The number of aromatic nitrogens is 1. The third kappa shape index (κ3) is 3.94. The SMILES string of the molecule is CCOC(=O)C1=C(C)N=c2s/c(=C\c3ccccc3Cl)c(=O)n2C1c1ccc(O)cc1. The molecule has 1 N–H and O–H groups in total. The average Bonchev–Trinajstić information content (AvgIpc) is 3.04. The molecule has 1 aromatic heterocycles. The normalized spacial score (nSPS) is 16.1. The van der Waals surface area contributed by atoms with Gasteiger partial charge in [0.25, 0.3) is 5.56 Å². The van der Waals surface area contributed by atoms with E-state index >= 15 is 0 Å². The van der Waals surface area contributed by atoms with Crippen molar-refractivity contribution in [1.82, 2.24) is 4.57 Å². The molecular formula is C23H19ClN2O4S. The second kappa shape index (κ2) is 8.53. The molecular weight excluding hydrogens is 436 g/mol. The summed E-state index contributed by atoms with van der Waals surface area (Å²) in [5, 5.41) is 10.2. The Morgan fingerprint density at radius 1 is 1.26 bits per heavy atom. The highest BCUT2D eigenvalue weighted by molar-refractivity contribution is 7.07. The molecule has 1 aliphatic rings. The molecule has 2 aromatic carbocycles. The number of ether oxygens (including phenoxy) is 1. The van der Waals surface area contributed by atoms with E-state index in [1.54, 1.807) is 38.1 Å². The Hall–Kier alpha value is -3.16. The van der Waals surface area contributed by atoms with E-state index in [2.05, 4.69) is 4.99 Å². The number of thiazole rings is 1. The van der Waals surface area contributed by atoms with Crippen LogP contribution in [0.25, 0.3) is 6.08 Å². The van der Waals surface area contributed by atoms with Crippen LogP contribution >= 0.6 is 22.9 Å². The highest BCUT2D eigenvalue weighted by Gasteiger charge is 2.33. The Labute approximate surface area is 187 Å². The fraction of sp³-hybridized carbons (Fsp3) is 0.174. The Balaban J connectivity index is 1.97. The molecule has 0 aliphatic carbocycles. The summed E-state index contributed by atoms with van der Waals surface area (Å²) in [7, 11) is 0. The van der Waals surface area contributed by atoms with Crippen molar-refractivity contribution in [2.75, 3.05) is 6.61 Å². The number of rotatable bonds is 4. The van der Waals surface area contributed by atoms with Crippen LogP contribution in [0.1, 0.15) is 31.0 Å². The first-order valence-electron chi connectivity index (χ1n) is 9.64. The molecule has 0 saturated heterocycles. The first kappa shape index (κ1) is 21.1. The molecule has 0 amide bonds. The van der Waals surface area contributed by atoms with Gasteiger partial charge in [0, 0.05) is 5.02 Å². The van der Waals surface area contributed by atoms with Gasteiger partial charge in [-0.3, -0.25) is 9.36 Å². The van der Waals surface area contributed by atoms with Crippen LogP contribution in [0.4, 0.5) is 0 Å². The summed E-state index contributed by atoms with van der Waals surface area (Å²) in [6.45, 7) is 3.65. The first-order chi connectivity index (χ1) is 14.9. The van der Waals surface area contributed by atoms with Crippen LogP contribution in [0.15, 0.2) is 69.6 Å². The Morgan fingerprint density at radius 3 is 2.65 bits per heavy atom. The van der Waals surface area contributed by atoms with Gasteiger partial charge in [0.15, 0.2) is 4.80 Å². The lowest BCUT2D eigenvalue weighted by Gasteiger charge is -2.24. The first-order valence-corrected chi connectivity index (χ1v) is 10.8. The summed E-state index contributed by atoms with van der Waals surface area (Å²) in [4.78, 5) is 31.2. The molecule has 0 saturated carbocycles. The summed E-state index contributed by atoms with van der Waals surface area (Å²) in [5.41, 5.74) is 1.89. The van der Waals surface area contributed by atoms with Crippen LogP contribution < -0.4 is 14.9 Å². The number of nitrogens with zero attached hydrogens (tertiary/aromatic N) is 2. The van der Waals surface area contributed by atoms with E-state index in [-0.39, 0.29) is 17.9 Å². The van der Waals surface area contributed by atoms with Crippen molar-refractivity contribution in [2.24, 2.45) is 4.99 Å². The van der Waals surface area contributed by atoms with Gasteiger partial charge >= 0.3 is 5.97 Å². The van der Waals surface area contributed by atoms with Crippen molar-refractivity contribution >= 4 is 35.0 Å². The van der Waals surface area contributed by atoms with Crippen LogP contribution in [0.5, 0.6) is 5.75 Å². The third-order valence-electron chi connectivity index (χ3n) is 4.92. The molecule has 3 aromatic rings. The zero-order chi connectivity index (χ0) is 22.1. The van der Waals surface area contributed by atoms with Gasteiger partial charge in [-0.2, -0.15) is 0 Å². The molecule has 1 atom stereocenters. The summed E-state index contributed by atoms with van der Waals surface area (Å²) in [6, 6.07) is 12.9. The van der Waals surface area contributed by atoms with Gasteiger partial charge in [0.05, 0.1) is 28.5 Å². The number of hydrogen-bond acceptors (Lipinski definition) is 6. The van der Waals surface area contributed by atoms with Gasteiger partial charge in [0.2, 0.25) is 0 Å². The molecule has 6 nitrogen and oxygen atoms in total. The van der Waals surface area contributed by atoms with Crippen molar-refractivity contribution in [3.05, 3.63) is 95.6 Å². The number of fused-ring (bicyclic) bond motifs is 1. The van der Waals surface area contributed by atoms with E-state index in [1.165, 1.54) is 28.0 Å². The van der Waals surface area contributed by atoms with Crippen LogP contribution in [0.2, 0.25) is 5.02 Å². The smallest absolute Gasteiger partial charge is 0.338 e. The molecule has 158 valence electrons. The molecule has 1 aliphatic heterocycles. The average molecular weight is 455 g/mol. The molecule has 0 spiro atoms. The van der Waals surface area contributed by atoms with Gasteiger partial charge in [-0.15, -0.1) is 0 Å². The van der Waals surface area contributed by atoms with Crippen molar-refractivity contribution in [1.29, 1.82) is 0 Å². The summed E-state index contributed by atoms with van der Waals surface area (Å²) in [5.74, 6) is -0.435. The molecule has 8 heteroatoms. The Kier molecular flexibility index (Phi) is 5.80. The third-order valence-corrected chi connectivity index (χ3v) is 6.24. The van der Waals surface area contributed by atoms with E-state index in [0.29, 0.717) is 31.2 Å². The van der Waals surface area contributed by atoms with Crippen molar-refractivity contribution in [2.45, 2.75) is 19.9 Å². The molecule has 31 heavy (non-hydrogen) atoms. The number of allylic oxidation sites excluding steroid dienone is 1. The van der Waals surface area contributed by atoms with E-state index in [4.69, 9.17) is 16.3 Å². The van der Waals surface area contributed by atoms with Crippen LogP contribution in [-0.2, 0) is 9.53 Å². The van der Waals surface area contributed by atoms with Crippen molar-refractivity contribution in [3.8, 4) is 5.75 Å². The largest absolute Gasteiger partial charge is 0.508 e. The van der Waals surface area contributed by atoms with Gasteiger partial charge in [-0.05, 0) is 49.2 Å². The molecule has 0 fully saturated rings. The van der Waals surface area contributed by atoms with Gasteiger partial charge in [-0.1, -0.05) is 53.3 Å². The highest BCUT2D eigenvalue weighted by Crippen LogP contribution is 2.31. The van der Waals surface area contributed by atoms with Crippen LogP contribution in [-0.4, -0.2) is 22.2 Å². The number of phenols is 1. The second-order valence-corrected chi connectivity index (χ2v) is 8.33. The molecule has 1 unspecified atom stereocenters. The van der Waals surface area contributed by atoms with E-state index in [9.17, 15) is 14.7 Å². The number of phenolic OH excluding ortho intramolecular Hbond substituents is 1. The summed E-state index contributed by atoms with van der Waals surface area (Å²) < 4.78 is 7.21. The molecule has 0 bridgehead atoms. The van der Waals surface area contributed by atoms with E-state index < -0.39 is 12.0 Å².